The first kappa shape index (κ1) is 50.9. The number of amides is 2. The summed E-state index contributed by atoms with van der Waals surface area (Å²) in [4.78, 5) is 43.6. The zero-order chi connectivity index (χ0) is 48.2. The number of hydrogen-bond donors (Lipinski definition) is 2. The molecule has 1 saturated heterocycles. The number of rotatable bonds is 14. The van der Waals surface area contributed by atoms with Gasteiger partial charge in [-0.1, -0.05) is 42.3 Å². The molecule has 7 aromatic rings. The van der Waals surface area contributed by atoms with Crippen molar-refractivity contribution >= 4 is 41.7 Å². The van der Waals surface area contributed by atoms with E-state index < -0.39 is 35.6 Å². The summed E-state index contributed by atoms with van der Waals surface area (Å²) < 4.78 is 37.2. The van der Waals surface area contributed by atoms with Crippen molar-refractivity contribution in [1.82, 2.24) is 29.5 Å². The maximum absolute atomic E-state index is 12.7. The van der Waals surface area contributed by atoms with Crippen LogP contribution in [0.5, 0.6) is 5.75 Å². The van der Waals surface area contributed by atoms with Crippen LogP contribution in [0.3, 0.4) is 0 Å². The molecule has 0 saturated carbocycles. The van der Waals surface area contributed by atoms with E-state index in [0.717, 1.165) is 28.9 Å². The van der Waals surface area contributed by atoms with Crippen LogP contribution in [-0.4, -0.2) is 98.2 Å². The molecule has 0 bridgehead atoms. The SMILES string of the molecule is CCCO[C@@H]1[C@@H](OC)[C@H](C)O[C@@H](OC(=O)Nc2ccc(-c3ncn(-c4ccc(C)cc4)n3)cc2)[C@@H]1OC.Cc1ccc(-n2cnc(-c3ccc(NC(=O)Oc4ccc([N+](=O)[O-])cc4)cc3)n2)cc1.Cl. The highest BCUT2D eigenvalue weighted by molar-refractivity contribution is 5.87. The first-order valence-corrected chi connectivity index (χ1v) is 21.6. The van der Waals surface area contributed by atoms with Crippen molar-refractivity contribution in [2.45, 2.75) is 64.8 Å². The molecule has 0 unspecified atom stereocenters. The third-order valence-electron chi connectivity index (χ3n) is 10.6. The Labute approximate surface area is 404 Å². The Bertz CT molecular complexity index is 2750. The van der Waals surface area contributed by atoms with Crippen LogP contribution in [0.2, 0.25) is 0 Å². The number of anilines is 2. The normalized spacial score (nSPS) is 17.3. The number of halogens is 1. The standard InChI is InChI=1S/C27H34N4O6.C22H17N5O4.ClH/c1-6-15-35-23-22(33-4)18(3)36-26(24(23)34-5)37-27(32)29-20-11-9-19(10-12-20)25-28-16-31(30-25)21-13-7-17(2)8-14-21;1-15-2-8-18(9-3-15)26-14-23-21(25-26)16-4-6-17(7-5-16)24-22(28)31-20-12-10-19(11-13-20)27(29)30;/h7-14,16,18,22-24,26H,6,15H2,1-5H3,(H,29,32);2-14H,1H3,(H,24,28);1H/t18-,22-,23+,24+,26-;;/m0../s1. The second kappa shape index (κ2) is 23.9. The predicted molar refractivity (Wildman–Crippen MR) is 259 cm³/mol. The van der Waals surface area contributed by atoms with Crippen molar-refractivity contribution in [1.29, 1.82) is 0 Å². The molecule has 8 rings (SSSR count). The van der Waals surface area contributed by atoms with Crippen LogP contribution in [0.15, 0.2) is 134 Å². The number of ether oxygens (including phenoxy) is 6. The maximum Gasteiger partial charge on any atom is 0.417 e. The average molecular weight is 962 g/mol. The molecule has 1 aliphatic heterocycles. The Kier molecular flexibility index (Phi) is 17.7. The van der Waals surface area contributed by atoms with Crippen molar-refractivity contribution in [2.24, 2.45) is 0 Å². The van der Waals surface area contributed by atoms with E-state index in [4.69, 9.17) is 28.4 Å². The molecule has 2 amide bonds. The highest BCUT2D eigenvalue weighted by Gasteiger charge is 2.47. The summed E-state index contributed by atoms with van der Waals surface area (Å²) in [6, 6.07) is 35.4. The molecule has 69 heavy (non-hydrogen) atoms. The van der Waals surface area contributed by atoms with E-state index in [9.17, 15) is 19.7 Å². The molecule has 5 atom stereocenters. The summed E-state index contributed by atoms with van der Waals surface area (Å²) in [5.41, 5.74) is 6.79. The third kappa shape index (κ3) is 13.3. The van der Waals surface area contributed by atoms with Crippen LogP contribution >= 0.6 is 12.4 Å². The number of aromatic nitrogens is 6. The molecule has 2 N–H and O–H groups in total. The lowest BCUT2D eigenvalue weighted by Gasteiger charge is -2.43. The van der Waals surface area contributed by atoms with E-state index in [1.807, 2.05) is 88.4 Å². The fourth-order valence-electron chi connectivity index (χ4n) is 7.06. The molecular weight excluding hydrogens is 910 g/mol. The highest BCUT2D eigenvalue weighted by Crippen LogP contribution is 2.29. The minimum absolute atomic E-state index is 0. The van der Waals surface area contributed by atoms with Gasteiger partial charge in [0.15, 0.2) is 11.6 Å². The topological polar surface area (TPSA) is 218 Å². The van der Waals surface area contributed by atoms with Gasteiger partial charge in [-0.2, -0.15) is 0 Å². The summed E-state index contributed by atoms with van der Waals surface area (Å²) >= 11 is 0. The summed E-state index contributed by atoms with van der Waals surface area (Å²) in [6.45, 7) is 8.46. The molecular formula is C49H52ClN9O10. The number of nitro benzene ring substituents is 1. The van der Waals surface area contributed by atoms with E-state index in [1.165, 1.54) is 42.5 Å². The average Bonchev–Trinajstić information content (AvgIpc) is 4.04. The Morgan fingerprint density at radius 3 is 1.61 bits per heavy atom. The van der Waals surface area contributed by atoms with Crippen molar-refractivity contribution in [3.63, 3.8) is 0 Å². The van der Waals surface area contributed by atoms with E-state index in [0.29, 0.717) is 29.6 Å². The summed E-state index contributed by atoms with van der Waals surface area (Å²) in [6.07, 6.45) is 0.0312. The molecule has 19 nitrogen and oxygen atoms in total. The molecule has 3 heterocycles. The number of non-ortho nitro benzene ring substituents is 1. The van der Waals surface area contributed by atoms with Gasteiger partial charge in [-0.25, -0.2) is 28.9 Å². The van der Waals surface area contributed by atoms with Gasteiger partial charge in [0, 0.05) is 55.5 Å². The van der Waals surface area contributed by atoms with Crippen LogP contribution in [-0.2, 0) is 23.7 Å². The largest absolute Gasteiger partial charge is 0.417 e. The number of aryl methyl sites for hydroxylation is 2. The molecule has 2 aromatic heterocycles. The maximum atomic E-state index is 12.7. The third-order valence-corrected chi connectivity index (χ3v) is 10.6. The van der Waals surface area contributed by atoms with Gasteiger partial charge >= 0.3 is 12.2 Å². The lowest BCUT2D eigenvalue weighted by atomic mass is 9.99. The number of hydrogen-bond acceptors (Lipinski definition) is 14. The quantitative estimate of drug-likeness (QED) is 0.0766. The van der Waals surface area contributed by atoms with Gasteiger partial charge in [-0.3, -0.25) is 20.7 Å². The number of carbonyl (C=O) groups is 2. The smallest absolute Gasteiger partial charge is 0.416 e. The van der Waals surface area contributed by atoms with Crippen molar-refractivity contribution in [2.75, 3.05) is 31.5 Å². The zero-order valence-corrected chi connectivity index (χ0v) is 39.4. The number of nitro groups is 1. The van der Waals surface area contributed by atoms with Crippen LogP contribution < -0.4 is 15.4 Å². The number of nitrogens with one attached hydrogen (secondary N) is 2. The minimum Gasteiger partial charge on any atom is -0.416 e. The van der Waals surface area contributed by atoms with Crippen LogP contribution in [0.4, 0.5) is 26.7 Å². The van der Waals surface area contributed by atoms with Crippen LogP contribution in [0, 0.1) is 24.0 Å². The fraction of sp³-hybridized carbons (Fsp3) is 0.265. The Morgan fingerprint density at radius 1 is 0.681 bits per heavy atom. The summed E-state index contributed by atoms with van der Waals surface area (Å²) in [5.74, 6) is 1.33. The predicted octanol–water partition coefficient (Wildman–Crippen LogP) is 9.54. The van der Waals surface area contributed by atoms with Crippen LogP contribution in [0.1, 0.15) is 31.4 Å². The van der Waals surface area contributed by atoms with E-state index in [1.54, 1.807) is 65.5 Å². The molecule has 360 valence electrons. The van der Waals surface area contributed by atoms with Crippen molar-refractivity contribution in [3.8, 4) is 39.9 Å². The molecule has 5 aromatic carbocycles. The Hall–Kier alpha value is -7.55. The van der Waals surface area contributed by atoms with E-state index >= 15 is 0 Å². The Balaban J connectivity index is 0.000000227. The second-order valence-electron chi connectivity index (χ2n) is 15.6. The van der Waals surface area contributed by atoms with Gasteiger partial charge in [-0.15, -0.1) is 22.6 Å². The highest BCUT2D eigenvalue weighted by atomic mass is 35.5. The molecule has 1 fully saturated rings. The first-order valence-electron chi connectivity index (χ1n) is 21.6. The molecule has 20 heteroatoms. The lowest BCUT2D eigenvalue weighted by Crippen LogP contribution is -2.60. The molecule has 0 spiro atoms. The van der Waals surface area contributed by atoms with Gasteiger partial charge in [0.05, 0.1) is 22.4 Å². The monoisotopic (exact) mass is 961 g/mol. The van der Waals surface area contributed by atoms with Crippen molar-refractivity contribution in [3.05, 3.63) is 155 Å². The molecule has 1 aliphatic rings. The van der Waals surface area contributed by atoms with Crippen LogP contribution in [0.25, 0.3) is 34.2 Å². The number of methoxy groups -OCH3 is 2. The van der Waals surface area contributed by atoms with E-state index in [2.05, 4.69) is 30.8 Å². The van der Waals surface area contributed by atoms with Gasteiger partial charge in [0.2, 0.25) is 6.29 Å². The second-order valence-corrected chi connectivity index (χ2v) is 15.6. The van der Waals surface area contributed by atoms with Gasteiger partial charge in [0.1, 0.15) is 36.7 Å². The Morgan fingerprint density at radius 2 is 1.16 bits per heavy atom. The van der Waals surface area contributed by atoms with Gasteiger partial charge in [-0.05, 0) is 112 Å². The van der Waals surface area contributed by atoms with Gasteiger partial charge in [0.25, 0.3) is 5.69 Å². The van der Waals surface area contributed by atoms with Crippen molar-refractivity contribution < 1.29 is 42.9 Å². The first-order chi connectivity index (χ1) is 32.9. The minimum atomic E-state index is -0.956. The number of carbonyl (C=O) groups excluding carboxylic acids is 2. The van der Waals surface area contributed by atoms with Gasteiger partial charge < -0.3 is 28.4 Å². The number of benzene rings is 5. The zero-order valence-electron chi connectivity index (χ0n) is 38.6. The summed E-state index contributed by atoms with van der Waals surface area (Å²) in [5, 5.41) is 25.0. The summed E-state index contributed by atoms with van der Waals surface area (Å²) in [7, 11) is 3.12. The fourth-order valence-corrected chi connectivity index (χ4v) is 7.06. The molecule has 0 aliphatic carbocycles. The lowest BCUT2D eigenvalue weighted by molar-refractivity contribution is -0.384. The molecule has 0 radical (unpaired) electrons. The van der Waals surface area contributed by atoms with E-state index in [-0.39, 0.29) is 36.1 Å². The number of nitrogens with zero attached hydrogens (tertiary/aromatic N) is 7.